The second-order valence-corrected chi connectivity index (χ2v) is 10.1. The molecule has 0 bridgehead atoms. The molecule has 27 heavy (non-hydrogen) atoms. The lowest BCUT2D eigenvalue weighted by atomic mass is 9.80. The van der Waals surface area contributed by atoms with E-state index in [2.05, 4.69) is 54.5 Å². The van der Waals surface area contributed by atoms with Crippen molar-refractivity contribution >= 4 is 11.6 Å². The molecule has 2 aromatic rings. The summed E-state index contributed by atoms with van der Waals surface area (Å²) in [5.41, 5.74) is 6.07. The van der Waals surface area contributed by atoms with Gasteiger partial charge in [0.2, 0.25) is 0 Å². The van der Waals surface area contributed by atoms with Gasteiger partial charge in [-0.15, -0.1) is 0 Å². The number of rotatable bonds is 2. The molecule has 0 aliphatic rings. The van der Waals surface area contributed by atoms with Crippen molar-refractivity contribution < 1.29 is 10.2 Å². The van der Waals surface area contributed by atoms with Crippen molar-refractivity contribution in [3.63, 3.8) is 0 Å². The van der Waals surface area contributed by atoms with Crippen LogP contribution in [-0.4, -0.2) is 10.2 Å². The zero-order chi connectivity index (χ0) is 20.9. The van der Waals surface area contributed by atoms with E-state index in [1.165, 1.54) is 0 Å². The molecule has 2 rings (SSSR count). The minimum absolute atomic E-state index is 0.167. The predicted octanol–water partition coefficient (Wildman–Crippen LogP) is 6.86. The fourth-order valence-corrected chi connectivity index (χ4v) is 3.73. The molecule has 0 saturated carbocycles. The Morgan fingerprint density at radius 3 is 1.59 bits per heavy atom. The number of hydrogen-bond acceptors (Lipinski definition) is 2. The molecule has 0 aliphatic carbocycles. The Morgan fingerprint density at radius 2 is 1.15 bits per heavy atom. The summed E-state index contributed by atoms with van der Waals surface area (Å²) in [5.74, 6) is 0.601. The van der Waals surface area contributed by atoms with Gasteiger partial charge in [0.05, 0.1) is 0 Å². The van der Waals surface area contributed by atoms with Gasteiger partial charge >= 0.3 is 0 Å². The van der Waals surface area contributed by atoms with Gasteiger partial charge in [0.1, 0.15) is 11.5 Å². The highest BCUT2D eigenvalue weighted by Crippen LogP contribution is 2.42. The Balaban J connectivity index is 2.75. The fourth-order valence-electron chi connectivity index (χ4n) is 3.51. The summed E-state index contributed by atoms with van der Waals surface area (Å²) in [6.07, 6.45) is 0.448. The van der Waals surface area contributed by atoms with E-state index in [4.69, 9.17) is 11.6 Å². The smallest absolute Gasteiger partial charge is 0.123 e. The highest BCUT2D eigenvalue weighted by atomic mass is 35.5. The molecule has 2 aromatic carbocycles. The van der Waals surface area contributed by atoms with Crippen LogP contribution in [0.25, 0.3) is 0 Å². The largest absolute Gasteiger partial charge is 0.507 e. The summed E-state index contributed by atoms with van der Waals surface area (Å²) in [6, 6.07) is 3.93. The molecular weight excluding hydrogens is 356 g/mol. The first-order valence-corrected chi connectivity index (χ1v) is 9.88. The Bertz CT molecular complexity index is 808. The van der Waals surface area contributed by atoms with E-state index in [0.29, 0.717) is 17.2 Å². The number of halogens is 1. The molecule has 3 heteroatoms. The highest BCUT2D eigenvalue weighted by Gasteiger charge is 2.26. The number of phenolic OH excluding ortho intramolecular Hbond substituents is 2. The van der Waals surface area contributed by atoms with Crippen molar-refractivity contribution in [1.29, 1.82) is 0 Å². The van der Waals surface area contributed by atoms with Gasteiger partial charge in [-0.05, 0) is 59.9 Å². The standard InChI is InChI=1S/C24H33ClO2/c1-13-10-18(23(4,5)6)21(26)16(14(13)2)11-17-15(3)20(25)12-19(22(17)27)24(7,8)9/h10,12,26-27H,11H2,1-9H3. The lowest BCUT2D eigenvalue weighted by Gasteiger charge is -2.26. The van der Waals surface area contributed by atoms with Gasteiger partial charge in [-0.3, -0.25) is 0 Å². The van der Waals surface area contributed by atoms with Crippen molar-refractivity contribution in [2.45, 2.75) is 79.6 Å². The Hall–Kier alpha value is -1.67. The van der Waals surface area contributed by atoms with E-state index in [-0.39, 0.29) is 16.6 Å². The Morgan fingerprint density at radius 1 is 0.741 bits per heavy atom. The normalized spacial score (nSPS) is 12.5. The molecule has 0 heterocycles. The van der Waals surface area contributed by atoms with Crippen molar-refractivity contribution in [3.8, 4) is 11.5 Å². The summed E-state index contributed by atoms with van der Waals surface area (Å²) in [5, 5.41) is 22.7. The SMILES string of the molecule is Cc1cc(C(C)(C)C)c(O)c(Cc2c(C)c(Cl)cc(C(C)(C)C)c2O)c1C. The zero-order valence-electron chi connectivity index (χ0n) is 18.1. The Labute approximate surface area is 169 Å². The van der Waals surface area contributed by atoms with Crippen LogP contribution in [0.3, 0.4) is 0 Å². The summed E-state index contributed by atoms with van der Waals surface area (Å²) in [7, 11) is 0. The van der Waals surface area contributed by atoms with E-state index in [1.54, 1.807) is 0 Å². The molecule has 2 N–H and O–H groups in total. The average Bonchev–Trinajstić information content (AvgIpc) is 2.51. The van der Waals surface area contributed by atoms with Gasteiger partial charge in [0.25, 0.3) is 0 Å². The van der Waals surface area contributed by atoms with Crippen molar-refractivity contribution in [3.05, 3.63) is 56.1 Å². The molecule has 2 nitrogen and oxygen atoms in total. The summed E-state index contributed by atoms with van der Waals surface area (Å²) >= 11 is 6.50. The summed E-state index contributed by atoms with van der Waals surface area (Å²) < 4.78 is 0. The molecular formula is C24H33ClO2. The highest BCUT2D eigenvalue weighted by molar-refractivity contribution is 6.31. The maximum absolute atomic E-state index is 11.1. The van der Waals surface area contributed by atoms with Crippen LogP contribution in [0.2, 0.25) is 5.02 Å². The van der Waals surface area contributed by atoms with Gasteiger partial charge in [-0.2, -0.15) is 0 Å². The Kier molecular flexibility index (Phi) is 5.65. The maximum atomic E-state index is 11.1. The third-order valence-corrected chi connectivity index (χ3v) is 5.93. The molecule has 0 saturated heterocycles. The molecule has 0 fully saturated rings. The fraction of sp³-hybridized carbons (Fsp3) is 0.500. The number of hydrogen-bond donors (Lipinski definition) is 2. The quantitative estimate of drug-likeness (QED) is 0.589. The second-order valence-electron chi connectivity index (χ2n) is 9.73. The van der Waals surface area contributed by atoms with Gasteiger partial charge in [-0.25, -0.2) is 0 Å². The number of benzene rings is 2. The third kappa shape index (κ3) is 4.11. The number of aromatic hydroxyl groups is 2. The molecule has 0 atom stereocenters. The first kappa shape index (κ1) is 21.6. The number of aryl methyl sites for hydroxylation is 1. The molecule has 0 spiro atoms. The van der Waals surface area contributed by atoms with Crippen molar-refractivity contribution in [1.82, 2.24) is 0 Å². The van der Waals surface area contributed by atoms with E-state index in [1.807, 2.05) is 19.9 Å². The van der Waals surface area contributed by atoms with Crippen LogP contribution in [0, 0.1) is 20.8 Å². The first-order chi connectivity index (χ1) is 12.2. The van der Waals surface area contributed by atoms with Crippen LogP contribution in [0.5, 0.6) is 11.5 Å². The molecule has 0 amide bonds. The van der Waals surface area contributed by atoms with Gasteiger partial charge in [-0.1, -0.05) is 59.2 Å². The van der Waals surface area contributed by atoms with Crippen LogP contribution in [0.1, 0.15) is 80.5 Å². The topological polar surface area (TPSA) is 40.5 Å². The van der Waals surface area contributed by atoms with Crippen molar-refractivity contribution in [2.75, 3.05) is 0 Å². The minimum atomic E-state index is -0.226. The van der Waals surface area contributed by atoms with E-state index in [9.17, 15) is 10.2 Å². The predicted molar refractivity (Wildman–Crippen MR) is 116 cm³/mol. The lowest BCUT2D eigenvalue weighted by molar-refractivity contribution is 0.434. The number of phenols is 2. The van der Waals surface area contributed by atoms with Gasteiger partial charge in [0.15, 0.2) is 0 Å². The average molecular weight is 389 g/mol. The van der Waals surface area contributed by atoms with Crippen LogP contribution in [-0.2, 0) is 17.3 Å². The van der Waals surface area contributed by atoms with E-state index >= 15 is 0 Å². The third-order valence-electron chi connectivity index (χ3n) is 5.54. The van der Waals surface area contributed by atoms with Gasteiger partial charge in [0, 0.05) is 28.1 Å². The van der Waals surface area contributed by atoms with Crippen LogP contribution in [0.15, 0.2) is 12.1 Å². The van der Waals surface area contributed by atoms with Crippen LogP contribution in [0.4, 0.5) is 0 Å². The summed E-state index contributed by atoms with van der Waals surface area (Å²) in [4.78, 5) is 0. The van der Waals surface area contributed by atoms with E-state index < -0.39 is 0 Å². The van der Waals surface area contributed by atoms with Crippen molar-refractivity contribution in [2.24, 2.45) is 0 Å². The molecule has 0 aromatic heterocycles. The molecule has 148 valence electrons. The lowest BCUT2D eigenvalue weighted by Crippen LogP contribution is -2.15. The monoisotopic (exact) mass is 388 g/mol. The minimum Gasteiger partial charge on any atom is -0.507 e. The molecule has 0 radical (unpaired) electrons. The molecule has 0 unspecified atom stereocenters. The van der Waals surface area contributed by atoms with Crippen LogP contribution >= 0.6 is 11.6 Å². The second kappa shape index (κ2) is 7.05. The summed E-state index contributed by atoms with van der Waals surface area (Å²) in [6.45, 7) is 18.5. The first-order valence-electron chi connectivity index (χ1n) is 9.50. The van der Waals surface area contributed by atoms with Gasteiger partial charge < -0.3 is 10.2 Å². The molecule has 0 aliphatic heterocycles. The zero-order valence-corrected chi connectivity index (χ0v) is 18.9. The maximum Gasteiger partial charge on any atom is 0.123 e. The van der Waals surface area contributed by atoms with Crippen LogP contribution < -0.4 is 0 Å². The van der Waals surface area contributed by atoms with E-state index in [0.717, 1.165) is 38.9 Å².